The highest BCUT2D eigenvalue weighted by Crippen LogP contribution is 2.27. The minimum Gasteiger partial charge on any atom is -0.385 e. The maximum atomic E-state index is 13.8. The van der Waals surface area contributed by atoms with Gasteiger partial charge in [0.2, 0.25) is 0 Å². The molecular formula is C17H19FN2. The molecule has 20 heavy (non-hydrogen) atoms. The Morgan fingerprint density at radius 2 is 2.15 bits per heavy atom. The van der Waals surface area contributed by atoms with Crippen molar-refractivity contribution in [1.29, 1.82) is 0 Å². The monoisotopic (exact) mass is 270 g/mol. The van der Waals surface area contributed by atoms with Gasteiger partial charge < -0.3 is 10.6 Å². The standard InChI is InChI=1S/C17H19FN2/c1-12-7-8-16(15(18)10-12)20-11-14-5-2-4-13-6-3-9-19-17(13)14/h2,4-5,7-8,10,19-20H,3,6,9,11H2,1H3. The Labute approximate surface area is 119 Å². The number of aryl methyl sites for hydroxylation is 2. The van der Waals surface area contributed by atoms with Gasteiger partial charge in [0.15, 0.2) is 0 Å². The number of hydrogen-bond acceptors (Lipinski definition) is 2. The van der Waals surface area contributed by atoms with Crippen LogP contribution < -0.4 is 10.6 Å². The fourth-order valence-electron chi connectivity index (χ4n) is 2.68. The van der Waals surface area contributed by atoms with Crippen LogP contribution in [0.2, 0.25) is 0 Å². The van der Waals surface area contributed by atoms with E-state index in [2.05, 4.69) is 28.8 Å². The molecule has 0 spiro atoms. The van der Waals surface area contributed by atoms with Crippen LogP contribution in [0.4, 0.5) is 15.8 Å². The minimum absolute atomic E-state index is 0.192. The quantitative estimate of drug-likeness (QED) is 0.877. The summed E-state index contributed by atoms with van der Waals surface area (Å²) in [6, 6.07) is 11.6. The summed E-state index contributed by atoms with van der Waals surface area (Å²) in [5.41, 5.74) is 5.27. The second-order valence-corrected chi connectivity index (χ2v) is 5.32. The minimum atomic E-state index is -0.192. The van der Waals surface area contributed by atoms with Crippen LogP contribution in [0.1, 0.15) is 23.1 Å². The first-order valence-electron chi connectivity index (χ1n) is 7.09. The molecule has 3 rings (SSSR count). The molecular weight excluding hydrogens is 251 g/mol. The van der Waals surface area contributed by atoms with Gasteiger partial charge in [-0.2, -0.15) is 0 Å². The third kappa shape index (κ3) is 2.62. The van der Waals surface area contributed by atoms with E-state index in [4.69, 9.17) is 0 Å². The van der Waals surface area contributed by atoms with Crippen molar-refractivity contribution in [3.05, 3.63) is 58.9 Å². The molecule has 104 valence electrons. The molecule has 0 saturated heterocycles. The number of anilines is 2. The lowest BCUT2D eigenvalue weighted by atomic mass is 9.99. The molecule has 0 fully saturated rings. The zero-order chi connectivity index (χ0) is 13.9. The Morgan fingerprint density at radius 1 is 1.25 bits per heavy atom. The maximum Gasteiger partial charge on any atom is 0.146 e. The van der Waals surface area contributed by atoms with Crippen LogP contribution in [0, 0.1) is 12.7 Å². The van der Waals surface area contributed by atoms with E-state index < -0.39 is 0 Å². The number of benzene rings is 2. The number of rotatable bonds is 3. The number of para-hydroxylation sites is 1. The van der Waals surface area contributed by atoms with Crippen molar-refractivity contribution in [3.63, 3.8) is 0 Å². The summed E-state index contributed by atoms with van der Waals surface area (Å²) in [6.07, 6.45) is 2.30. The van der Waals surface area contributed by atoms with Crippen molar-refractivity contribution in [2.45, 2.75) is 26.3 Å². The topological polar surface area (TPSA) is 24.1 Å². The van der Waals surface area contributed by atoms with Crippen molar-refractivity contribution < 1.29 is 4.39 Å². The molecule has 0 aromatic heterocycles. The first-order valence-corrected chi connectivity index (χ1v) is 7.09. The summed E-state index contributed by atoms with van der Waals surface area (Å²) in [7, 11) is 0. The summed E-state index contributed by atoms with van der Waals surface area (Å²) >= 11 is 0. The van der Waals surface area contributed by atoms with Crippen molar-refractivity contribution in [2.24, 2.45) is 0 Å². The second-order valence-electron chi connectivity index (χ2n) is 5.32. The maximum absolute atomic E-state index is 13.8. The fraction of sp³-hybridized carbons (Fsp3) is 0.294. The van der Waals surface area contributed by atoms with Gasteiger partial charge in [-0.1, -0.05) is 24.3 Å². The van der Waals surface area contributed by atoms with Crippen molar-refractivity contribution in [2.75, 3.05) is 17.2 Å². The lowest BCUT2D eigenvalue weighted by Crippen LogP contribution is -2.15. The normalized spacial score (nSPS) is 13.5. The lowest BCUT2D eigenvalue weighted by molar-refractivity contribution is 0.629. The molecule has 2 aromatic carbocycles. The molecule has 0 saturated carbocycles. The van der Waals surface area contributed by atoms with E-state index in [1.54, 1.807) is 12.1 Å². The molecule has 0 atom stereocenters. The molecule has 2 aromatic rings. The van der Waals surface area contributed by atoms with E-state index in [9.17, 15) is 4.39 Å². The second kappa shape index (κ2) is 5.53. The Bertz CT molecular complexity index is 622. The van der Waals surface area contributed by atoms with Crippen molar-refractivity contribution in [1.82, 2.24) is 0 Å². The van der Waals surface area contributed by atoms with Crippen LogP contribution in [0.5, 0.6) is 0 Å². The molecule has 0 aliphatic carbocycles. The largest absolute Gasteiger partial charge is 0.385 e. The number of halogens is 1. The first-order chi connectivity index (χ1) is 9.74. The van der Waals surface area contributed by atoms with E-state index in [1.165, 1.54) is 23.2 Å². The predicted molar refractivity (Wildman–Crippen MR) is 81.7 cm³/mol. The van der Waals surface area contributed by atoms with Gasteiger partial charge in [0.05, 0.1) is 5.69 Å². The Hall–Kier alpha value is -2.03. The highest BCUT2D eigenvalue weighted by Gasteiger charge is 2.12. The SMILES string of the molecule is Cc1ccc(NCc2cccc3c2NCCC3)c(F)c1. The van der Waals surface area contributed by atoms with E-state index >= 15 is 0 Å². The van der Waals surface area contributed by atoms with Crippen molar-refractivity contribution >= 4 is 11.4 Å². The molecule has 2 N–H and O–H groups in total. The predicted octanol–water partition coefficient (Wildman–Crippen LogP) is 4.10. The Balaban J connectivity index is 1.78. The molecule has 0 unspecified atom stereocenters. The summed E-state index contributed by atoms with van der Waals surface area (Å²) in [5, 5.41) is 6.65. The third-order valence-electron chi connectivity index (χ3n) is 3.76. The molecule has 0 radical (unpaired) electrons. The van der Waals surface area contributed by atoms with Gasteiger partial charge in [-0.3, -0.25) is 0 Å². The van der Waals surface area contributed by atoms with Gasteiger partial charge >= 0.3 is 0 Å². The molecule has 1 aliphatic rings. The number of nitrogens with one attached hydrogen (secondary N) is 2. The number of fused-ring (bicyclic) bond motifs is 1. The number of hydrogen-bond donors (Lipinski definition) is 2. The molecule has 0 amide bonds. The van der Waals surface area contributed by atoms with E-state index in [1.807, 2.05) is 13.0 Å². The van der Waals surface area contributed by atoms with Gasteiger partial charge in [-0.25, -0.2) is 4.39 Å². The van der Waals surface area contributed by atoms with E-state index in [0.29, 0.717) is 12.2 Å². The van der Waals surface area contributed by atoms with E-state index in [-0.39, 0.29) is 5.82 Å². The summed E-state index contributed by atoms with van der Waals surface area (Å²) in [4.78, 5) is 0. The Kier molecular flexibility index (Phi) is 3.59. The molecule has 1 aliphatic heterocycles. The van der Waals surface area contributed by atoms with Crippen LogP contribution >= 0.6 is 0 Å². The molecule has 2 nitrogen and oxygen atoms in total. The first kappa shape index (κ1) is 13.0. The lowest BCUT2D eigenvalue weighted by Gasteiger charge is -2.21. The average molecular weight is 270 g/mol. The summed E-state index contributed by atoms with van der Waals surface area (Å²) in [5.74, 6) is -0.192. The zero-order valence-electron chi connectivity index (χ0n) is 11.7. The van der Waals surface area contributed by atoms with Crippen LogP contribution in [0.25, 0.3) is 0 Å². The highest BCUT2D eigenvalue weighted by molar-refractivity contribution is 5.60. The molecule has 3 heteroatoms. The fourth-order valence-corrected chi connectivity index (χ4v) is 2.68. The average Bonchev–Trinajstić information content (AvgIpc) is 2.46. The summed E-state index contributed by atoms with van der Waals surface area (Å²) in [6.45, 7) is 3.55. The van der Waals surface area contributed by atoms with Crippen LogP contribution in [0.15, 0.2) is 36.4 Å². The zero-order valence-corrected chi connectivity index (χ0v) is 11.7. The van der Waals surface area contributed by atoms with Gasteiger partial charge in [-0.05, 0) is 48.6 Å². The van der Waals surface area contributed by atoms with E-state index in [0.717, 1.165) is 18.5 Å². The van der Waals surface area contributed by atoms with Gasteiger partial charge in [-0.15, -0.1) is 0 Å². The van der Waals surface area contributed by atoms with Crippen LogP contribution in [-0.2, 0) is 13.0 Å². The van der Waals surface area contributed by atoms with Crippen molar-refractivity contribution in [3.8, 4) is 0 Å². The van der Waals surface area contributed by atoms with Crippen LogP contribution in [-0.4, -0.2) is 6.54 Å². The van der Waals surface area contributed by atoms with Crippen LogP contribution in [0.3, 0.4) is 0 Å². The van der Waals surface area contributed by atoms with Gasteiger partial charge in [0.1, 0.15) is 5.82 Å². The van der Waals surface area contributed by atoms with Gasteiger partial charge in [0.25, 0.3) is 0 Å². The molecule has 1 heterocycles. The third-order valence-corrected chi connectivity index (χ3v) is 3.76. The Morgan fingerprint density at radius 3 is 3.00 bits per heavy atom. The molecule has 0 bridgehead atoms. The van der Waals surface area contributed by atoms with Gasteiger partial charge in [0, 0.05) is 18.8 Å². The highest BCUT2D eigenvalue weighted by atomic mass is 19.1. The summed E-state index contributed by atoms with van der Waals surface area (Å²) < 4.78 is 13.8. The smallest absolute Gasteiger partial charge is 0.146 e.